The van der Waals surface area contributed by atoms with E-state index in [0.29, 0.717) is 29.5 Å². The van der Waals surface area contributed by atoms with Crippen molar-refractivity contribution < 1.29 is 22.4 Å². The van der Waals surface area contributed by atoms with E-state index in [1.165, 1.54) is 27.8 Å². The van der Waals surface area contributed by atoms with Gasteiger partial charge in [0.05, 0.1) is 11.8 Å². The van der Waals surface area contributed by atoms with Crippen molar-refractivity contribution in [2.24, 2.45) is 0 Å². The number of hydrogen-bond donors (Lipinski definition) is 1. The van der Waals surface area contributed by atoms with Crippen LogP contribution in [0.2, 0.25) is 0 Å². The number of methoxy groups -OCH3 is 1. The molecule has 4 rings (SSSR count). The summed E-state index contributed by atoms with van der Waals surface area (Å²) < 4.78 is 37.8. The van der Waals surface area contributed by atoms with Crippen LogP contribution in [0.15, 0.2) is 39.8 Å². The van der Waals surface area contributed by atoms with Gasteiger partial charge in [-0.05, 0) is 37.1 Å². The van der Waals surface area contributed by atoms with Gasteiger partial charge in [0, 0.05) is 13.1 Å². The number of carbonyl (C=O) groups excluding carboxylic acids is 1. The lowest BCUT2D eigenvalue weighted by molar-refractivity contribution is 0.0991. The first-order valence-electron chi connectivity index (χ1n) is 8.34. The fourth-order valence-electron chi connectivity index (χ4n) is 2.94. The number of amides is 1. The van der Waals surface area contributed by atoms with Crippen molar-refractivity contribution in [3.8, 4) is 5.75 Å². The predicted octanol–water partition coefficient (Wildman–Crippen LogP) is 2.93. The summed E-state index contributed by atoms with van der Waals surface area (Å²) in [5.74, 6) is -0.0314. The third kappa shape index (κ3) is 3.31. The number of anilines is 1. The Hall–Kier alpha value is -2.43. The lowest BCUT2D eigenvalue weighted by atomic mass is 10.3. The number of furan rings is 1. The van der Waals surface area contributed by atoms with E-state index < -0.39 is 15.9 Å². The summed E-state index contributed by atoms with van der Waals surface area (Å²) in [7, 11) is -2.14. The summed E-state index contributed by atoms with van der Waals surface area (Å²) in [6.45, 7) is 0.941. The van der Waals surface area contributed by atoms with Crippen molar-refractivity contribution in [3.05, 3.63) is 36.1 Å². The maximum absolute atomic E-state index is 12.5. The van der Waals surface area contributed by atoms with Crippen molar-refractivity contribution in [2.75, 3.05) is 25.5 Å². The second-order valence-corrected chi connectivity index (χ2v) is 8.91. The van der Waals surface area contributed by atoms with E-state index in [0.717, 1.165) is 17.5 Å². The highest BCUT2D eigenvalue weighted by Gasteiger charge is 2.30. The maximum atomic E-state index is 12.5. The fraction of sp³-hybridized carbons (Fsp3) is 0.294. The second kappa shape index (κ2) is 6.95. The van der Waals surface area contributed by atoms with E-state index in [2.05, 4.69) is 10.3 Å². The fourth-order valence-corrected chi connectivity index (χ4v) is 5.24. The minimum atomic E-state index is -3.70. The number of nitrogens with zero attached hydrogens (tertiary/aromatic N) is 2. The molecule has 0 spiro atoms. The van der Waals surface area contributed by atoms with Crippen LogP contribution < -0.4 is 10.1 Å². The molecule has 0 unspecified atom stereocenters. The first-order valence-corrected chi connectivity index (χ1v) is 10.6. The van der Waals surface area contributed by atoms with Gasteiger partial charge in [0.15, 0.2) is 10.9 Å². The van der Waals surface area contributed by atoms with Crippen molar-refractivity contribution in [3.63, 3.8) is 0 Å². The number of ether oxygens (including phenoxy) is 1. The van der Waals surface area contributed by atoms with E-state index in [1.54, 1.807) is 13.2 Å². The van der Waals surface area contributed by atoms with E-state index >= 15 is 0 Å². The van der Waals surface area contributed by atoms with Crippen LogP contribution >= 0.6 is 11.3 Å². The van der Waals surface area contributed by atoms with E-state index in [-0.39, 0.29) is 10.9 Å². The van der Waals surface area contributed by atoms with Crippen LogP contribution in [-0.4, -0.2) is 43.8 Å². The molecule has 1 aliphatic heterocycles. The normalized spacial score (nSPS) is 15.3. The van der Waals surface area contributed by atoms with Crippen LogP contribution in [0.1, 0.15) is 23.4 Å². The van der Waals surface area contributed by atoms with Gasteiger partial charge in [0.2, 0.25) is 5.09 Å². The molecule has 0 radical (unpaired) electrons. The van der Waals surface area contributed by atoms with Crippen LogP contribution in [0.4, 0.5) is 5.13 Å². The number of carbonyl (C=O) groups is 1. The van der Waals surface area contributed by atoms with Crippen LogP contribution in [-0.2, 0) is 10.0 Å². The van der Waals surface area contributed by atoms with Gasteiger partial charge in [0.1, 0.15) is 11.3 Å². The van der Waals surface area contributed by atoms with Gasteiger partial charge in [-0.25, -0.2) is 13.4 Å². The molecule has 1 aromatic carbocycles. The Kier molecular flexibility index (Phi) is 4.62. The van der Waals surface area contributed by atoms with Gasteiger partial charge >= 0.3 is 0 Å². The summed E-state index contributed by atoms with van der Waals surface area (Å²) >= 11 is 1.29. The van der Waals surface area contributed by atoms with Crippen LogP contribution in [0, 0.1) is 0 Å². The Morgan fingerprint density at radius 2 is 2.04 bits per heavy atom. The number of benzene rings is 1. The largest absolute Gasteiger partial charge is 0.494 e. The average Bonchev–Trinajstić information content (AvgIpc) is 3.40. The molecule has 0 saturated carbocycles. The summed E-state index contributed by atoms with van der Waals surface area (Å²) in [5.41, 5.74) is 0.650. The topological polar surface area (TPSA) is 102 Å². The molecule has 1 N–H and O–H groups in total. The number of rotatable bonds is 5. The molecular formula is C17H17N3O5S2. The summed E-state index contributed by atoms with van der Waals surface area (Å²) in [6, 6.07) is 8.16. The quantitative estimate of drug-likeness (QED) is 0.698. The van der Waals surface area contributed by atoms with Gasteiger partial charge < -0.3 is 9.15 Å². The molecule has 10 heteroatoms. The highest BCUT2D eigenvalue weighted by molar-refractivity contribution is 7.89. The van der Waals surface area contributed by atoms with E-state index in [9.17, 15) is 13.2 Å². The molecule has 1 aliphatic rings. The molecule has 0 bridgehead atoms. The Bertz CT molecular complexity index is 1100. The van der Waals surface area contributed by atoms with Crippen LogP contribution in [0.5, 0.6) is 5.75 Å². The lowest BCUT2D eigenvalue weighted by Gasteiger charge is -2.12. The molecule has 142 valence electrons. The Labute approximate surface area is 159 Å². The Morgan fingerprint density at radius 3 is 2.78 bits per heavy atom. The van der Waals surface area contributed by atoms with E-state index in [4.69, 9.17) is 9.15 Å². The molecule has 27 heavy (non-hydrogen) atoms. The number of hydrogen-bond acceptors (Lipinski definition) is 7. The zero-order chi connectivity index (χ0) is 19.0. The van der Waals surface area contributed by atoms with Crippen molar-refractivity contribution in [1.82, 2.24) is 9.29 Å². The summed E-state index contributed by atoms with van der Waals surface area (Å²) in [6.07, 6.45) is 1.66. The highest BCUT2D eigenvalue weighted by atomic mass is 32.2. The number of para-hydroxylation sites is 1. The maximum Gasteiger partial charge on any atom is 0.293 e. The van der Waals surface area contributed by atoms with Gasteiger partial charge in [0.25, 0.3) is 15.9 Å². The molecule has 0 aliphatic carbocycles. The minimum Gasteiger partial charge on any atom is -0.494 e. The first-order chi connectivity index (χ1) is 13.0. The van der Waals surface area contributed by atoms with Crippen molar-refractivity contribution in [1.29, 1.82) is 0 Å². The molecule has 1 fully saturated rings. The van der Waals surface area contributed by atoms with Crippen LogP contribution in [0.3, 0.4) is 0 Å². The number of nitrogens with one attached hydrogen (secondary N) is 1. The molecule has 2 aromatic heterocycles. The molecule has 1 amide bonds. The molecule has 8 nitrogen and oxygen atoms in total. The van der Waals surface area contributed by atoms with Gasteiger partial charge in [-0.3, -0.25) is 10.1 Å². The number of thiazole rings is 1. The molecular weight excluding hydrogens is 390 g/mol. The molecule has 3 heterocycles. The Balaban J connectivity index is 1.55. The van der Waals surface area contributed by atoms with E-state index in [1.807, 2.05) is 12.1 Å². The number of sulfonamides is 1. The Morgan fingerprint density at radius 1 is 1.26 bits per heavy atom. The number of aromatic nitrogens is 1. The van der Waals surface area contributed by atoms with Crippen LogP contribution in [0.25, 0.3) is 10.2 Å². The smallest absolute Gasteiger partial charge is 0.293 e. The molecule has 3 aromatic rings. The van der Waals surface area contributed by atoms with Gasteiger partial charge in [-0.1, -0.05) is 17.4 Å². The van der Waals surface area contributed by atoms with Crippen molar-refractivity contribution >= 4 is 42.6 Å². The third-order valence-corrected chi connectivity index (χ3v) is 7.00. The van der Waals surface area contributed by atoms with Crippen molar-refractivity contribution in [2.45, 2.75) is 17.9 Å². The lowest BCUT2D eigenvalue weighted by Crippen LogP contribution is -2.27. The molecule has 1 saturated heterocycles. The second-order valence-electron chi connectivity index (χ2n) is 6.01. The summed E-state index contributed by atoms with van der Waals surface area (Å²) in [5, 5.41) is 2.80. The zero-order valence-corrected chi connectivity index (χ0v) is 16.1. The average molecular weight is 407 g/mol. The highest BCUT2D eigenvalue weighted by Crippen LogP contribution is 2.32. The van der Waals surface area contributed by atoms with Gasteiger partial charge in [-0.2, -0.15) is 4.31 Å². The zero-order valence-electron chi connectivity index (χ0n) is 14.5. The molecule has 0 atom stereocenters. The number of fused-ring (bicyclic) bond motifs is 1. The van der Waals surface area contributed by atoms with Gasteiger partial charge in [-0.15, -0.1) is 0 Å². The SMILES string of the molecule is COc1cccc2sc(NC(=O)c3ccc(S(=O)(=O)N4CCCC4)o3)nc12. The summed E-state index contributed by atoms with van der Waals surface area (Å²) in [4.78, 5) is 16.8. The first kappa shape index (κ1) is 18.0. The third-order valence-electron chi connectivity index (χ3n) is 4.29. The monoisotopic (exact) mass is 407 g/mol. The predicted molar refractivity (Wildman–Crippen MR) is 101 cm³/mol. The standard InChI is InChI=1S/C17H17N3O5S2/c1-24-11-5-4-6-13-15(11)18-17(26-13)19-16(21)12-7-8-14(25-12)27(22,23)20-9-2-3-10-20/h4-8H,2-3,9-10H2,1H3,(H,18,19,21). The minimum absolute atomic E-state index is 0.0843.